The van der Waals surface area contributed by atoms with Crippen molar-refractivity contribution in [2.75, 3.05) is 0 Å². The molecule has 3 nitrogen and oxygen atoms in total. The molecule has 4 atom stereocenters. The molecule has 1 aromatic heterocycles. The van der Waals surface area contributed by atoms with Gasteiger partial charge in [-0.05, 0) is 53.1 Å². The molecule has 0 aromatic carbocycles. The highest BCUT2D eigenvalue weighted by atomic mass is 79.9. The summed E-state index contributed by atoms with van der Waals surface area (Å²) in [6.45, 7) is 0.621. The molecule has 2 saturated carbocycles. The van der Waals surface area contributed by atoms with Crippen LogP contribution in [-0.4, -0.2) is 11.9 Å². The first kappa shape index (κ1) is 15.3. The lowest BCUT2D eigenvalue weighted by atomic mass is 9.84. The number of carbonyl (C=O) groups is 1. The average Bonchev–Trinajstić information content (AvgIpc) is 3.02. The molecular weight excluding hydrogens is 348 g/mol. The van der Waals surface area contributed by atoms with Crippen molar-refractivity contribution in [3.63, 3.8) is 0 Å². The molecule has 4 unspecified atom stereocenters. The molecule has 1 amide bonds. The number of thiophene rings is 1. The highest BCUT2D eigenvalue weighted by molar-refractivity contribution is 9.10. The average molecular weight is 366 g/mol. The zero-order chi connectivity index (χ0) is 12.7. The van der Waals surface area contributed by atoms with Crippen LogP contribution >= 0.6 is 39.7 Å². The van der Waals surface area contributed by atoms with E-state index in [2.05, 4.69) is 21.2 Å². The number of halogens is 2. The maximum Gasteiger partial charge on any atom is 0.225 e. The largest absolute Gasteiger partial charge is 0.351 e. The van der Waals surface area contributed by atoms with Crippen molar-refractivity contribution < 1.29 is 4.79 Å². The first-order valence-electron chi connectivity index (χ1n) is 6.41. The molecule has 19 heavy (non-hydrogen) atoms. The van der Waals surface area contributed by atoms with Crippen molar-refractivity contribution in [1.29, 1.82) is 0 Å². The molecule has 0 aliphatic heterocycles. The molecule has 3 N–H and O–H groups in total. The smallest absolute Gasteiger partial charge is 0.225 e. The number of amides is 1. The summed E-state index contributed by atoms with van der Waals surface area (Å²) in [4.78, 5) is 13.4. The van der Waals surface area contributed by atoms with Gasteiger partial charge in [-0.15, -0.1) is 23.7 Å². The quantitative estimate of drug-likeness (QED) is 0.865. The van der Waals surface area contributed by atoms with Crippen molar-refractivity contribution in [2.45, 2.75) is 31.8 Å². The maximum absolute atomic E-state index is 12.2. The van der Waals surface area contributed by atoms with Crippen LogP contribution in [0.1, 0.15) is 24.1 Å². The molecule has 2 fully saturated rings. The molecule has 3 rings (SSSR count). The van der Waals surface area contributed by atoms with Gasteiger partial charge in [0.15, 0.2) is 0 Å². The van der Waals surface area contributed by atoms with Gasteiger partial charge < -0.3 is 11.1 Å². The fraction of sp³-hybridized carbons (Fsp3) is 0.615. The highest BCUT2D eigenvalue weighted by Crippen LogP contribution is 2.47. The van der Waals surface area contributed by atoms with E-state index in [1.54, 1.807) is 11.3 Å². The number of nitrogens with two attached hydrogens (primary N) is 1. The van der Waals surface area contributed by atoms with Gasteiger partial charge in [0.2, 0.25) is 5.91 Å². The SMILES string of the molecule is Cl.NC1C2CCC(C2)C1C(=O)NCc1cc(Br)cs1. The van der Waals surface area contributed by atoms with Gasteiger partial charge in [0.25, 0.3) is 0 Å². The summed E-state index contributed by atoms with van der Waals surface area (Å²) in [6, 6.07) is 2.13. The van der Waals surface area contributed by atoms with E-state index >= 15 is 0 Å². The van der Waals surface area contributed by atoms with Crippen molar-refractivity contribution in [2.24, 2.45) is 23.5 Å². The Balaban J connectivity index is 0.00000133. The van der Waals surface area contributed by atoms with Crippen molar-refractivity contribution in [1.82, 2.24) is 5.32 Å². The zero-order valence-electron chi connectivity index (χ0n) is 10.5. The Kier molecular flexibility index (Phi) is 4.93. The Morgan fingerprint density at radius 2 is 2.21 bits per heavy atom. The fourth-order valence-corrected chi connectivity index (χ4v) is 4.85. The van der Waals surface area contributed by atoms with E-state index in [0.29, 0.717) is 18.4 Å². The van der Waals surface area contributed by atoms with Gasteiger partial charge in [-0.2, -0.15) is 0 Å². The van der Waals surface area contributed by atoms with E-state index in [0.717, 1.165) is 10.9 Å². The summed E-state index contributed by atoms with van der Waals surface area (Å²) < 4.78 is 1.08. The number of rotatable bonds is 3. The molecule has 1 aromatic rings. The zero-order valence-corrected chi connectivity index (χ0v) is 13.7. The van der Waals surface area contributed by atoms with Crippen LogP contribution in [0, 0.1) is 17.8 Å². The predicted octanol–water partition coefficient (Wildman–Crippen LogP) is 2.92. The van der Waals surface area contributed by atoms with E-state index in [-0.39, 0.29) is 30.3 Å². The topological polar surface area (TPSA) is 55.1 Å². The molecule has 0 radical (unpaired) electrons. The predicted molar refractivity (Wildman–Crippen MR) is 83.4 cm³/mol. The lowest BCUT2D eigenvalue weighted by molar-refractivity contribution is -0.127. The normalized spacial score (nSPS) is 32.1. The molecular formula is C13H18BrClN2OS. The van der Waals surface area contributed by atoms with Gasteiger partial charge in [0, 0.05) is 20.8 Å². The molecule has 2 bridgehead atoms. The summed E-state index contributed by atoms with van der Waals surface area (Å²) in [5.74, 6) is 1.31. The summed E-state index contributed by atoms with van der Waals surface area (Å²) in [5.41, 5.74) is 6.17. The van der Waals surface area contributed by atoms with E-state index in [9.17, 15) is 4.79 Å². The molecule has 0 spiro atoms. The van der Waals surface area contributed by atoms with Crippen molar-refractivity contribution in [3.05, 3.63) is 20.8 Å². The second-order valence-corrected chi connectivity index (χ2v) is 7.30. The van der Waals surface area contributed by atoms with Crippen LogP contribution in [0.15, 0.2) is 15.9 Å². The van der Waals surface area contributed by atoms with Crippen LogP contribution in [0.4, 0.5) is 0 Å². The van der Waals surface area contributed by atoms with E-state index < -0.39 is 0 Å². The third-order valence-corrected chi connectivity index (χ3v) is 6.04. The second kappa shape index (κ2) is 6.12. The minimum absolute atomic E-state index is 0. The van der Waals surface area contributed by atoms with Crippen molar-refractivity contribution >= 4 is 45.6 Å². The molecule has 106 valence electrons. The number of carbonyl (C=O) groups excluding carboxylic acids is 1. The summed E-state index contributed by atoms with van der Waals surface area (Å²) >= 11 is 5.08. The summed E-state index contributed by atoms with van der Waals surface area (Å²) in [6.07, 6.45) is 3.55. The van der Waals surface area contributed by atoms with Gasteiger partial charge in [-0.3, -0.25) is 4.79 Å². The maximum atomic E-state index is 12.2. The number of nitrogens with one attached hydrogen (secondary N) is 1. The molecule has 0 saturated heterocycles. The van der Waals surface area contributed by atoms with Gasteiger partial charge in [-0.1, -0.05) is 0 Å². The van der Waals surface area contributed by atoms with Crippen LogP contribution in [-0.2, 0) is 11.3 Å². The number of fused-ring (bicyclic) bond motifs is 2. The van der Waals surface area contributed by atoms with Gasteiger partial charge >= 0.3 is 0 Å². The minimum atomic E-state index is 0. The van der Waals surface area contributed by atoms with Crippen LogP contribution in [0.2, 0.25) is 0 Å². The van der Waals surface area contributed by atoms with Crippen LogP contribution in [0.5, 0.6) is 0 Å². The third kappa shape index (κ3) is 2.99. The number of hydrogen-bond donors (Lipinski definition) is 2. The summed E-state index contributed by atoms with van der Waals surface area (Å²) in [5, 5.41) is 5.07. The third-order valence-electron chi connectivity index (χ3n) is 4.34. The number of hydrogen-bond acceptors (Lipinski definition) is 3. The molecule has 2 aliphatic carbocycles. The minimum Gasteiger partial charge on any atom is -0.351 e. The molecule has 6 heteroatoms. The van der Waals surface area contributed by atoms with Gasteiger partial charge in [-0.25, -0.2) is 0 Å². The Hall–Kier alpha value is -0.100. The Labute approximate surface area is 131 Å². The van der Waals surface area contributed by atoms with Crippen LogP contribution in [0.25, 0.3) is 0 Å². The Morgan fingerprint density at radius 1 is 1.47 bits per heavy atom. The molecule has 2 aliphatic rings. The summed E-state index contributed by atoms with van der Waals surface area (Å²) in [7, 11) is 0. The fourth-order valence-electron chi connectivity index (χ4n) is 3.46. The lowest BCUT2D eigenvalue weighted by Crippen LogP contribution is -2.45. The standard InChI is InChI=1S/C13H17BrN2OS.ClH/c14-9-4-10(18-6-9)5-16-13(17)11-7-1-2-8(3-7)12(11)15;/h4,6-8,11-12H,1-3,5,15H2,(H,16,17);1H. The monoisotopic (exact) mass is 364 g/mol. The Bertz CT molecular complexity index is 465. The Morgan fingerprint density at radius 3 is 2.79 bits per heavy atom. The first-order valence-corrected chi connectivity index (χ1v) is 8.08. The second-order valence-electron chi connectivity index (χ2n) is 5.39. The van der Waals surface area contributed by atoms with E-state index in [1.165, 1.54) is 17.7 Å². The van der Waals surface area contributed by atoms with Gasteiger partial charge in [0.05, 0.1) is 12.5 Å². The van der Waals surface area contributed by atoms with E-state index in [4.69, 9.17) is 5.73 Å². The highest BCUT2D eigenvalue weighted by Gasteiger charge is 2.48. The van der Waals surface area contributed by atoms with Gasteiger partial charge in [0.1, 0.15) is 0 Å². The molecule has 1 heterocycles. The lowest BCUT2D eigenvalue weighted by Gasteiger charge is -2.26. The first-order chi connectivity index (χ1) is 8.65. The van der Waals surface area contributed by atoms with Crippen molar-refractivity contribution in [3.8, 4) is 0 Å². The van der Waals surface area contributed by atoms with E-state index in [1.807, 2.05) is 11.4 Å². The van der Waals surface area contributed by atoms with Crippen LogP contribution in [0.3, 0.4) is 0 Å². The van der Waals surface area contributed by atoms with Crippen LogP contribution < -0.4 is 11.1 Å².